The molecule has 3 aliphatic heterocycles. The van der Waals surface area contributed by atoms with Crippen LogP contribution in [0.1, 0.15) is 99.5 Å². The van der Waals surface area contributed by atoms with Crippen molar-refractivity contribution in [3.8, 4) is 10.8 Å². The minimum absolute atomic E-state index is 0.0354. The van der Waals surface area contributed by atoms with Crippen LogP contribution in [0.25, 0.3) is 5.00 Å². The number of halogens is 3. The maximum atomic E-state index is 16.4. The molecule has 0 unspecified atom stereocenters. The number of anilines is 2. The summed E-state index contributed by atoms with van der Waals surface area (Å²) in [6.45, 7) is 14.8. The smallest absolute Gasteiger partial charge is 0.162 e. The van der Waals surface area contributed by atoms with E-state index >= 15 is 8.78 Å². The van der Waals surface area contributed by atoms with Crippen molar-refractivity contribution in [2.45, 2.75) is 71.3 Å². The maximum Gasteiger partial charge on any atom is 0.162 e. The molecule has 324 valence electrons. The van der Waals surface area contributed by atoms with E-state index in [1.165, 1.54) is 58.8 Å². The Morgan fingerprint density at radius 3 is 2.24 bits per heavy atom. The number of fused-ring (bicyclic) bond motifs is 4. The SMILES string of the molecule is Cc1sc2c(c1C)C(c1ccc(N3CC4(CC(CN5CCN(c6cc(F)c([C@H]7c8ccc(O)cc8CC[C@H]7c7ccc(F)cc7)c(F)c6)CC5)C4)C3)cc1)=N[C@@H](C)c1nnc(C)n1-2. The summed E-state index contributed by atoms with van der Waals surface area (Å²) >= 11 is 1.79. The van der Waals surface area contributed by atoms with Crippen molar-refractivity contribution in [1.29, 1.82) is 0 Å². The first-order valence-electron chi connectivity index (χ1n) is 22.4. The number of hydrogen-bond donors (Lipinski definition) is 1. The summed E-state index contributed by atoms with van der Waals surface area (Å²) < 4.78 is 48.8. The Morgan fingerprint density at radius 2 is 1.52 bits per heavy atom. The molecule has 8 nitrogen and oxygen atoms in total. The Balaban J connectivity index is 0.705. The highest BCUT2D eigenvalue weighted by atomic mass is 32.1. The number of aromatic hydroxyl groups is 1. The molecule has 63 heavy (non-hydrogen) atoms. The fourth-order valence-corrected chi connectivity index (χ4v) is 12.9. The number of aliphatic imine (C=N–C) groups is 1. The van der Waals surface area contributed by atoms with Gasteiger partial charge in [-0.25, -0.2) is 13.2 Å². The Labute approximate surface area is 370 Å². The van der Waals surface area contributed by atoms with E-state index < -0.39 is 17.6 Å². The molecule has 12 heteroatoms. The number of piperazine rings is 1. The Morgan fingerprint density at radius 1 is 0.810 bits per heavy atom. The van der Waals surface area contributed by atoms with Gasteiger partial charge in [0.05, 0.1) is 5.71 Å². The van der Waals surface area contributed by atoms with Gasteiger partial charge >= 0.3 is 0 Å². The second-order valence-electron chi connectivity index (χ2n) is 18.9. The lowest BCUT2D eigenvalue weighted by Gasteiger charge is -2.60. The van der Waals surface area contributed by atoms with Crippen LogP contribution in [0.15, 0.2) is 83.9 Å². The van der Waals surface area contributed by atoms with Crippen molar-refractivity contribution >= 4 is 28.4 Å². The second-order valence-corrected chi connectivity index (χ2v) is 20.1. The van der Waals surface area contributed by atoms with E-state index in [2.05, 4.69) is 74.5 Å². The van der Waals surface area contributed by atoms with Gasteiger partial charge in [0.2, 0.25) is 0 Å². The Hall–Kier alpha value is -5.46. The zero-order valence-electron chi connectivity index (χ0n) is 36.2. The molecular formula is C51H52F3N7OS. The van der Waals surface area contributed by atoms with Crippen molar-refractivity contribution < 1.29 is 18.3 Å². The fraction of sp³-hybridized carbons (Fsp3) is 0.392. The van der Waals surface area contributed by atoms with Gasteiger partial charge in [0.15, 0.2) is 5.82 Å². The number of rotatable bonds is 7. The van der Waals surface area contributed by atoms with Crippen LogP contribution in [-0.2, 0) is 6.42 Å². The molecule has 0 amide bonds. The molecule has 5 heterocycles. The Kier molecular flexibility index (Phi) is 9.83. The molecule has 1 N–H and O–H groups in total. The van der Waals surface area contributed by atoms with Crippen LogP contribution in [0.5, 0.6) is 5.75 Å². The lowest BCUT2D eigenvalue weighted by atomic mass is 9.57. The number of phenols is 1. The average Bonchev–Trinajstić information content (AvgIpc) is 3.73. The molecule has 3 fully saturated rings. The van der Waals surface area contributed by atoms with E-state index in [-0.39, 0.29) is 29.1 Å². The molecule has 6 aromatic rings. The number of hydrogen-bond acceptors (Lipinski definition) is 8. The number of nitrogens with zero attached hydrogens (tertiary/aromatic N) is 7. The van der Waals surface area contributed by atoms with E-state index in [0.717, 1.165) is 77.3 Å². The molecule has 0 bridgehead atoms. The van der Waals surface area contributed by atoms with Crippen LogP contribution < -0.4 is 9.80 Å². The highest BCUT2D eigenvalue weighted by Gasteiger charge is 2.52. The molecule has 1 spiro atoms. The zero-order chi connectivity index (χ0) is 43.3. The van der Waals surface area contributed by atoms with Crippen LogP contribution >= 0.6 is 11.3 Å². The summed E-state index contributed by atoms with van der Waals surface area (Å²) in [6, 6.07) is 23.2. The summed E-state index contributed by atoms with van der Waals surface area (Å²) in [7, 11) is 0. The summed E-state index contributed by atoms with van der Waals surface area (Å²) in [5, 5.41) is 20.3. The first kappa shape index (κ1) is 40.3. The van der Waals surface area contributed by atoms with Crippen LogP contribution in [0.4, 0.5) is 24.5 Å². The van der Waals surface area contributed by atoms with E-state index in [9.17, 15) is 9.50 Å². The van der Waals surface area contributed by atoms with Gasteiger partial charge in [-0.3, -0.25) is 14.5 Å². The molecule has 0 radical (unpaired) electrons. The fourth-order valence-electron chi connectivity index (χ4n) is 11.6. The lowest BCUT2D eigenvalue weighted by Crippen LogP contribution is -2.64. The molecule has 4 aromatic carbocycles. The van der Waals surface area contributed by atoms with Crippen LogP contribution in [0.2, 0.25) is 0 Å². The molecule has 1 saturated carbocycles. The zero-order valence-corrected chi connectivity index (χ0v) is 37.0. The number of aryl methyl sites for hydroxylation is 3. The largest absolute Gasteiger partial charge is 0.508 e. The molecule has 2 aliphatic carbocycles. The average molecular weight is 868 g/mol. The molecule has 2 aromatic heterocycles. The summed E-state index contributed by atoms with van der Waals surface area (Å²) in [6.07, 6.45) is 3.76. The minimum atomic E-state index is -0.602. The van der Waals surface area contributed by atoms with Crippen molar-refractivity contribution in [2.24, 2.45) is 16.3 Å². The lowest BCUT2D eigenvalue weighted by molar-refractivity contribution is 0.00322. The van der Waals surface area contributed by atoms with E-state index in [4.69, 9.17) is 4.99 Å². The highest BCUT2D eigenvalue weighted by Crippen LogP contribution is 2.53. The quantitative estimate of drug-likeness (QED) is 0.172. The first-order chi connectivity index (χ1) is 30.4. The van der Waals surface area contributed by atoms with Crippen molar-refractivity contribution in [3.05, 3.63) is 152 Å². The van der Waals surface area contributed by atoms with Gasteiger partial charge in [0.25, 0.3) is 0 Å². The predicted molar refractivity (Wildman–Crippen MR) is 244 cm³/mol. The van der Waals surface area contributed by atoms with Crippen molar-refractivity contribution in [2.75, 3.05) is 55.6 Å². The minimum Gasteiger partial charge on any atom is -0.508 e. The summed E-state index contributed by atoms with van der Waals surface area (Å²) in [4.78, 5) is 13.6. The topological polar surface area (TPSA) is 73.0 Å². The monoisotopic (exact) mass is 867 g/mol. The Bertz CT molecular complexity index is 2740. The third-order valence-electron chi connectivity index (χ3n) is 14.9. The van der Waals surface area contributed by atoms with Gasteiger partial charge in [-0.1, -0.05) is 30.3 Å². The van der Waals surface area contributed by atoms with Gasteiger partial charge < -0.3 is 14.9 Å². The van der Waals surface area contributed by atoms with Crippen molar-refractivity contribution in [1.82, 2.24) is 19.7 Å². The predicted octanol–water partition coefficient (Wildman–Crippen LogP) is 10.2. The summed E-state index contributed by atoms with van der Waals surface area (Å²) in [5.41, 5.74) is 9.39. The number of thiophene rings is 1. The van der Waals surface area contributed by atoms with Gasteiger partial charge in [-0.05, 0) is 136 Å². The van der Waals surface area contributed by atoms with E-state index in [0.29, 0.717) is 43.0 Å². The standard InChI is InChI=1S/C51H52F3N7OS/c1-29-31(3)63-50-45(29)48(55-30(2)49-57-56-32(4)61(49)50)35-7-12-38(13-8-35)60-27-51(28-60)24-33(25-51)26-58-17-19-59(20-18-58)39-22-43(53)47(44(54)23-39)46-41(34-5-10-37(52)11-6-34)15-9-36-21-40(62)14-16-42(36)46/h5-8,10-14,16,21-23,30,33,41,46,62H,9,15,17-20,24-28H2,1-4H3/t30-,41-,46+/m0/s1. The molecule has 11 rings (SSSR count). The van der Waals surface area contributed by atoms with Gasteiger partial charge in [0, 0.05) is 90.1 Å². The number of aromatic nitrogens is 3. The van der Waals surface area contributed by atoms with E-state index in [1.54, 1.807) is 41.7 Å². The molecule has 5 aliphatic rings. The normalized spacial score (nSPS) is 21.9. The van der Waals surface area contributed by atoms with Crippen LogP contribution in [0, 0.1) is 49.6 Å². The van der Waals surface area contributed by atoms with Crippen LogP contribution in [-0.4, -0.2) is 76.3 Å². The molecule has 2 saturated heterocycles. The van der Waals surface area contributed by atoms with Gasteiger partial charge in [0.1, 0.15) is 40.1 Å². The number of phenolic OH excluding ortho intramolecular Hbond substituents is 1. The van der Waals surface area contributed by atoms with E-state index in [1.807, 2.05) is 6.92 Å². The van der Waals surface area contributed by atoms with Gasteiger partial charge in [-0.15, -0.1) is 21.5 Å². The first-order valence-corrected chi connectivity index (χ1v) is 23.2. The molecule has 3 atom stereocenters. The highest BCUT2D eigenvalue weighted by molar-refractivity contribution is 7.15. The third-order valence-corrected chi connectivity index (χ3v) is 16.1. The second kappa shape index (κ2) is 15.4. The maximum absolute atomic E-state index is 16.4. The van der Waals surface area contributed by atoms with Crippen LogP contribution in [0.3, 0.4) is 0 Å². The third kappa shape index (κ3) is 6.95. The molecular weight excluding hydrogens is 816 g/mol. The van der Waals surface area contributed by atoms with Crippen molar-refractivity contribution in [3.63, 3.8) is 0 Å². The number of benzene rings is 4. The van der Waals surface area contributed by atoms with Gasteiger partial charge in [-0.2, -0.15) is 0 Å². The summed E-state index contributed by atoms with van der Waals surface area (Å²) in [5.74, 6) is 0.254.